The van der Waals surface area contributed by atoms with E-state index in [0.717, 1.165) is 66.3 Å². The highest BCUT2D eigenvalue weighted by Crippen LogP contribution is 2.40. The van der Waals surface area contributed by atoms with Crippen molar-refractivity contribution in [1.82, 2.24) is 19.5 Å². The number of nitrogens with zero attached hydrogens (tertiary/aromatic N) is 4. The van der Waals surface area contributed by atoms with Gasteiger partial charge in [0.2, 0.25) is 5.89 Å². The third kappa shape index (κ3) is 3.66. The van der Waals surface area contributed by atoms with Gasteiger partial charge in [0.25, 0.3) is 0 Å². The molecule has 46 heavy (non-hydrogen) atoms. The maximum absolute atomic E-state index is 6.09. The monoisotopic (exact) mass is 588 g/mol. The Bertz CT molecular complexity index is 2790. The molecule has 0 aliphatic carbocycles. The Morgan fingerprint density at radius 1 is 0.457 bits per heavy atom. The Morgan fingerprint density at radius 2 is 1.15 bits per heavy atom. The molecule has 7 aromatic carbocycles. The quantitative estimate of drug-likeness (QED) is 0.193. The van der Waals surface area contributed by atoms with E-state index in [4.69, 9.17) is 19.4 Å². The number of hydrogen-bond acceptors (Lipinski definition) is 4. The van der Waals surface area contributed by atoms with Crippen molar-refractivity contribution < 1.29 is 4.42 Å². The van der Waals surface area contributed by atoms with E-state index in [9.17, 15) is 0 Å². The van der Waals surface area contributed by atoms with E-state index in [-0.39, 0.29) is 0 Å². The fourth-order valence-corrected chi connectivity index (χ4v) is 7.02. The zero-order valence-corrected chi connectivity index (χ0v) is 24.6. The van der Waals surface area contributed by atoms with Gasteiger partial charge in [-0.25, -0.2) is 4.98 Å². The lowest BCUT2D eigenvalue weighted by atomic mass is 9.97. The molecule has 0 aliphatic heterocycles. The first-order valence-electron chi connectivity index (χ1n) is 15.4. The van der Waals surface area contributed by atoms with Crippen LogP contribution in [0.2, 0.25) is 0 Å². The van der Waals surface area contributed by atoms with Crippen molar-refractivity contribution in [2.45, 2.75) is 0 Å². The molecule has 3 aromatic heterocycles. The molecule has 5 nitrogen and oxygen atoms in total. The summed E-state index contributed by atoms with van der Waals surface area (Å²) in [7, 11) is 0. The number of fused-ring (bicyclic) bond motifs is 10. The van der Waals surface area contributed by atoms with Gasteiger partial charge < -0.3 is 8.98 Å². The highest BCUT2D eigenvalue weighted by molar-refractivity contribution is 6.27. The summed E-state index contributed by atoms with van der Waals surface area (Å²) in [6, 6.07) is 46.8. The van der Waals surface area contributed by atoms with Gasteiger partial charge in [-0.15, -0.1) is 0 Å². The SMILES string of the molecule is c1cc(-c2cccc(-n3c4ccccc4c4cc5c6ccccc6c6nccnc6c5cc43)c2)cc(-c2nc3ccccc3o2)c1. The van der Waals surface area contributed by atoms with E-state index in [0.29, 0.717) is 5.89 Å². The van der Waals surface area contributed by atoms with Crippen LogP contribution in [0.25, 0.3) is 93.8 Å². The second kappa shape index (κ2) is 9.58. The lowest BCUT2D eigenvalue weighted by molar-refractivity contribution is 0.620. The van der Waals surface area contributed by atoms with E-state index in [1.807, 2.05) is 30.3 Å². The fraction of sp³-hybridized carbons (Fsp3) is 0. The summed E-state index contributed by atoms with van der Waals surface area (Å²) in [6.45, 7) is 0. The zero-order valence-electron chi connectivity index (χ0n) is 24.6. The first kappa shape index (κ1) is 25.0. The Balaban J connectivity index is 1.20. The minimum absolute atomic E-state index is 0.622. The van der Waals surface area contributed by atoms with Crippen LogP contribution >= 0.6 is 0 Å². The average Bonchev–Trinajstić information content (AvgIpc) is 3.71. The molecule has 5 heteroatoms. The molecular weight excluding hydrogens is 564 g/mol. The topological polar surface area (TPSA) is 56.7 Å². The van der Waals surface area contributed by atoms with E-state index < -0.39 is 0 Å². The van der Waals surface area contributed by atoms with Gasteiger partial charge >= 0.3 is 0 Å². The summed E-state index contributed by atoms with van der Waals surface area (Å²) in [6.07, 6.45) is 3.57. The zero-order chi connectivity index (χ0) is 30.2. The van der Waals surface area contributed by atoms with Crippen LogP contribution in [-0.2, 0) is 0 Å². The highest BCUT2D eigenvalue weighted by Gasteiger charge is 2.18. The standard InChI is InChI=1S/C41H24N4O/c1-2-15-31-29(13-1)32-23-33-30-14-3-5-17-36(30)45(37(33)24-34(32)40-39(31)42-19-20-43-40)28-12-8-10-26(22-28)25-9-7-11-27(21-25)41-44-35-16-4-6-18-38(35)46-41/h1-24H. The predicted molar refractivity (Wildman–Crippen MR) is 187 cm³/mol. The molecule has 0 unspecified atom stereocenters. The van der Waals surface area contributed by atoms with Gasteiger partial charge in [0.1, 0.15) is 5.52 Å². The molecule has 0 fully saturated rings. The Hall–Kier alpha value is -6.33. The van der Waals surface area contributed by atoms with E-state index in [1.54, 1.807) is 12.4 Å². The van der Waals surface area contributed by atoms with Crippen LogP contribution in [0.5, 0.6) is 0 Å². The maximum Gasteiger partial charge on any atom is 0.227 e. The predicted octanol–water partition coefficient (Wildman–Crippen LogP) is 10.5. The van der Waals surface area contributed by atoms with Crippen LogP contribution in [0, 0.1) is 0 Å². The average molecular weight is 589 g/mol. The molecule has 0 aliphatic rings. The molecule has 10 aromatic rings. The molecule has 0 spiro atoms. The summed E-state index contributed by atoms with van der Waals surface area (Å²) in [4.78, 5) is 14.3. The van der Waals surface area contributed by atoms with Crippen molar-refractivity contribution in [3.8, 4) is 28.3 Å². The minimum Gasteiger partial charge on any atom is -0.436 e. The Labute approximate surface area is 263 Å². The summed E-state index contributed by atoms with van der Waals surface area (Å²) in [5, 5.41) is 7.01. The number of hydrogen-bond donors (Lipinski definition) is 0. The van der Waals surface area contributed by atoms with Gasteiger partial charge in [0.05, 0.1) is 22.1 Å². The van der Waals surface area contributed by atoms with Gasteiger partial charge in [-0.3, -0.25) is 9.97 Å². The van der Waals surface area contributed by atoms with Crippen LogP contribution in [0.1, 0.15) is 0 Å². The van der Waals surface area contributed by atoms with Crippen LogP contribution in [0.3, 0.4) is 0 Å². The molecule has 0 N–H and O–H groups in total. The van der Waals surface area contributed by atoms with Crippen LogP contribution < -0.4 is 0 Å². The molecule has 0 radical (unpaired) electrons. The Kier molecular flexibility index (Phi) is 5.22. The molecule has 0 bridgehead atoms. The summed E-state index contributed by atoms with van der Waals surface area (Å²) in [5.41, 5.74) is 10.0. The first-order chi connectivity index (χ1) is 22.8. The van der Waals surface area contributed by atoms with Crippen LogP contribution in [0.15, 0.2) is 150 Å². The molecular formula is C41H24N4O. The molecule has 214 valence electrons. The molecule has 10 rings (SSSR count). The largest absolute Gasteiger partial charge is 0.436 e. The second-order valence-corrected chi connectivity index (χ2v) is 11.7. The number of para-hydroxylation sites is 3. The van der Waals surface area contributed by atoms with Gasteiger partial charge in [-0.1, -0.05) is 78.9 Å². The van der Waals surface area contributed by atoms with E-state index in [1.165, 1.54) is 21.5 Å². The van der Waals surface area contributed by atoms with Gasteiger partial charge in [0, 0.05) is 45.2 Å². The summed E-state index contributed by atoms with van der Waals surface area (Å²) >= 11 is 0. The second-order valence-electron chi connectivity index (χ2n) is 11.7. The van der Waals surface area contributed by atoms with Crippen molar-refractivity contribution in [3.05, 3.63) is 146 Å². The number of rotatable bonds is 3. The minimum atomic E-state index is 0.622. The van der Waals surface area contributed by atoms with Crippen LogP contribution in [0.4, 0.5) is 0 Å². The molecule has 0 saturated heterocycles. The normalized spacial score (nSPS) is 11.9. The summed E-state index contributed by atoms with van der Waals surface area (Å²) < 4.78 is 8.46. The van der Waals surface area contributed by atoms with Gasteiger partial charge in [-0.2, -0.15) is 0 Å². The number of oxazole rings is 1. The lowest BCUT2D eigenvalue weighted by Crippen LogP contribution is -1.95. The van der Waals surface area contributed by atoms with Crippen molar-refractivity contribution in [2.24, 2.45) is 0 Å². The van der Waals surface area contributed by atoms with E-state index in [2.05, 4.69) is 108 Å². The van der Waals surface area contributed by atoms with Crippen molar-refractivity contribution >= 4 is 65.5 Å². The van der Waals surface area contributed by atoms with E-state index >= 15 is 0 Å². The first-order valence-corrected chi connectivity index (χ1v) is 15.4. The maximum atomic E-state index is 6.09. The molecule has 0 amide bonds. The summed E-state index contributed by atoms with van der Waals surface area (Å²) in [5.74, 6) is 0.622. The Morgan fingerprint density at radius 3 is 2.02 bits per heavy atom. The molecule has 0 saturated carbocycles. The highest BCUT2D eigenvalue weighted by atomic mass is 16.3. The number of benzene rings is 7. The molecule has 0 atom stereocenters. The van der Waals surface area contributed by atoms with Crippen molar-refractivity contribution in [3.63, 3.8) is 0 Å². The number of aromatic nitrogens is 4. The third-order valence-corrected chi connectivity index (χ3v) is 9.08. The van der Waals surface area contributed by atoms with Crippen LogP contribution in [-0.4, -0.2) is 19.5 Å². The lowest BCUT2D eigenvalue weighted by Gasteiger charge is -2.12. The van der Waals surface area contributed by atoms with Gasteiger partial charge in [0.15, 0.2) is 5.58 Å². The smallest absolute Gasteiger partial charge is 0.227 e. The van der Waals surface area contributed by atoms with Crippen molar-refractivity contribution in [2.75, 3.05) is 0 Å². The van der Waals surface area contributed by atoms with Gasteiger partial charge in [-0.05, 0) is 76.5 Å². The molecule has 3 heterocycles. The fourth-order valence-electron chi connectivity index (χ4n) is 7.02. The van der Waals surface area contributed by atoms with Crippen molar-refractivity contribution in [1.29, 1.82) is 0 Å². The third-order valence-electron chi connectivity index (χ3n) is 9.08.